The number of ether oxygens (including phenoxy) is 1. The number of fused-ring (bicyclic) bond motifs is 1. The van der Waals surface area contributed by atoms with Crippen LogP contribution in [0, 0.1) is 11.3 Å². The Hall–Kier alpha value is -4.08. The average molecular weight is 547 g/mol. The normalized spacial score (nSPS) is 15.6. The Morgan fingerprint density at radius 2 is 2.10 bits per heavy atom. The van der Waals surface area contributed by atoms with Crippen molar-refractivity contribution in [3.63, 3.8) is 0 Å². The van der Waals surface area contributed by atoms with E-state index in [1.807, 2.05) is 34.4 Å². The first-order valence-electron chi connectivity index (χ1n) is 12.8. The van der Waals surface area contributed by atoms with Crippen LogP contribution in [0.4, 0.5) is 16.4 Å². The Kier molecular flexibility index (Phi) is 7.99. The van der Waals surface area contributed by atoms with Crippen LogP contribution in [-0.4, -0.2) is 76.4 Å². The first-order valence-corrected chi connectivity index (χ1v) is 13.7. The molecule has 2 aliphatic rings. The molecule has 5 rings (SSSR count). The molecule has 0 spiro atoms. The number of pyridine rings is 2. The van der Waals surface area contributed by atoms with E-state index in [9.17, 15) is 14.9 Å². The SMILES string of the molecule is COc1nc2c(cc1CN1CCN(C)CC1=O)CCCN2C(=O)Nc1cc(CCc2ccsn2)c(C#N)cn1. The molecule has 0 unspecified atom stereocenters. The van der Waals surface area contributed by atoms with Crippen molar-refractivity contribution in [3.8, 4) is 11.9 Å². The van der Waals surface area contributed by atoms with Crippen molar-refractivity contribution < 1.29 is 14.3 Å². The summed E-state index contributed by atoms with van der Waals surface area (Å²) in [6.07, 6.45) is 4.35. The minimum atomic E-state index is -0.352. The van der Waals surface area contributed by atoms with Crippen molar-refractivity contribution in [1.82, 2.24) is 24.1 Å². The van der Waals surface area contributed by atoms with Gasteiger partial charge in [0.05, 0.1) is 31.5 Å². The van der Waals surface area contributed by atoms with Crippen LogP contribution in [0.5, 0.6) is 5.88 Å². The van der Waals surface area contributed by atoms with Crippen LogP contribution in [0.25, 0.3) is 0 Å². The van der Waals surface area contributed by atoms with Crippen LogP contribution in [0.2, 0.25) is 0 Å². The van der Waals surface area contributed by atoms with Gasteiger partial charge in [0.25, 0.3) is 0 Å². The topological polar surface area (TPSA) is 128 Å². The van der Waals surface area contributed by atoms with Crippen LogP contribution in [-0.2, 0) is 30.6 Å². The lowest BCUT2D eigenvalue weighted by atomic mass is 10.0. The fourth-order valence-corrected chi connectivity index (χ4v) is 5.46. The molecule has 3 aromatic heterocycles. The van der Waals surface area contributed by atoms with Crippen molar-refractivity contribution in [2.75, 3.05) is 50.6 Å². The van der Waals surface area contributed by atoms with Crippen LogP contribution >= 0.6 is 11.5 Å². The monoisotopic (exact) mass is 546 g/mol. The van der Waals surface area contributed by atoms with E-state index < -0.39 is 0 Å². The summed E-state index contributed by atoms with van der Waals surface area (Å²) in [7, 11) is 3.48. The number of anilines is 2. The lowest BCUT2D eigenvalue weighted by Gasteiger charge is -2.33. The summed E-state index contributed by atoms with van der Waals surface area (Å²) in [5, 5.41) is 14.3. The molecule has 0 radical (unpaired) electrons. The maximum Gasteiger partial charge on any atom is 0.328 e. The fraction of sp³-hybridized carbons (Fsp3) is 0.407. The van der Waals surface area contributed by atoms with Crippen molar-refractivity contribution in [2.24, 2.45) is 0 Å². The summed E-state index contributed by atoms with van der Waals surface area (Å²) in [6.45, 7) is 2.77. The third-order valence-corrected chi connectivity index (χ3v) is 7.60. The predicted molar refractivity (Wildman–Crippen MR) is 147 cm³/mol. The van der Waals surface area contributed by atoms with Crippen molar-refractivity contribution in [2.45, 2.75) is 32.2 Å². The van der Waals surface area contributed by atoms with E-state index >= 15 is 0 Å². The summed E-state index contributed by atoms with van der Waals surface area (Å²) < 4.78 is 9.92. The Morgan fingerprint density at radius 3 is 2.85 bits per heavy atom. The van der Waals surface area contributed by atoms with Crippen molar-refractivity contribution >= 4 is 35.1 Å². The molecule has 3 aromatic rings. The second kappa shape index (κ2) is 11.8. The zero-order valence-electron chi connectivity index (χ0n) is 22.0. The molecule has 3 amide bonds. The van der Waals surface area contributed by atoms with Crippen LogP contribution in [0.1, 0.15) is 34.4 Å². The molecule has 0 atom stereocenters. The zero-order valence-corrected chi connectivity index (χ0v) is 22.8. The highest BCUT2D eigenvalue weighted by molar-refractivity contribution is 7.03. The Morgan fingerprint density at radius 1 is 1.23 bits per heavy atom. The highest BCUT2D eigenvalue weighted by Crippen LogP contribution is 2.32. The van der Waals surface area contributed by atoms with E-state index in [0.717, 1.165) is 41.8 Å². The van der Waals surface area contributed by atoms with Gasteiger partial charge >= 0.3 is 6.03 Å². The Balaban J connectivity index is 1.33. The molecule has 0 bridgehead atoms. The number of piperazine rings is 1. The number of likely N-dealkylation sites (N-methyl/N-ethyl adjacent to an activating group) is 1. The third kappa shape index (κ3) is 6.00. The number of hydrogen-bond acceptors (Lipinski definition) is 9. The maximum absolute atomic E-state index is 13.4. The number of nitriles is 1. The first kappa shape index (κ1) is 26.5. The van der Waals surface area contributed by atoms with Gasteiger partial charge in [-0.2, -0.15) is 14.6 Å². The van der Waals surface area contributed by atoms with E-state index in [2.05, 4.69) is 20.7 Å². The van der Waals surface area contributed by atoms with Crippen LogP contribution in [0.3, 0.4) is 0 Å². The van der Waals surface area contributed by atoms with E-state index in [0.29, 0.717) is 62.1 Å². The van der Waals surface area contributed by atoms with Crippen molar-refractivity contribution in [3.05, 3.63) is 57.7 Å². The summed E-state index contributed by atoms with van der Waals surface area (Å²) in [5.41, 5.74) is 4.01. The summed E-state index contributed by atoms with van der Waals surface area (Å²) in [6, 6.07) is 7.54. The second-order valence-corrected chi connectivity index (χ2v) is 10.4. The average Bonchev–Trinajstić information content (AvgIpc) is 3.46. The molecule has 11 nitrogen and oxygen atoms in total. The van der Waals surface area contributed by atoms with Gasteiger partial charge in [-0.3, -0.25) is 19.9 Å². The van der Waals surface area contributed by atoms with Crippen LogP contribution < -0.4 is 15.0 Å². The minimum absolute atomic E-state index is 0.0744. The first-order chi connectivity index (χ1) is 18.9. The van der Waals surface area contributed by atoms with E-state index in [1.165, 1.54) is 17.7 Å². The molecular weight excluding hydrogens is 516 g/mol. The maximum atomic E-state index is 13.4. The van der Waals surface area contributed by atoms with E-state index in [4.69, 9.17) is 9.72 Å². The number of nitrogens with zero attached hydrogens (tertiary/aromatic N) is 7. The largest absolute Gasteiger partial charge is 0.481 e. The highest BCUT2D eigenvalue weighted by atomic mass is 32.1. The van der Waals surface area contributed by atoms with Gasteiger partial charge in [-0.1, -0.05) is 0 Å². The van der Waals surface area contributed by atoms with Gasteiger partial charge in [-0.15, -0.1) is 0 Å². The fourth-order valence-electron chi connectivity index (χ4n) is 4.89. The standard InChI is InChI=1S/C27H30N8O3S/c1-33-9-10-34(24(36)17-33)16-20-12-19-4-3-8-35(25(19)31-26(20)38-2)27(37)30-23-13-18(21(14-28)15-29-23)5-6-22-7-11-39-32-22/h7,11-13,15H,3-6,8-10,16-17H2,1-2H3,(H,29,30,37). The number of carbonyl (C=O) groups excluding carboxylic acids is 2. The minimum Gasteiger partial charge on any atom is -0.481 e. The van der Waals surface area contributed by atoms with Gasteiger partial charge in [-0.25, -0.2) is 9.78 Å². The number of carbonyl (C=O) groups is 2. The Bertz CT molecular complexity index is 1400. The number of aryl methyl sites for hydroxylation is 3. The molecule has 0 aromatic carbocycles. The summed E-state index contributed by atoms with van der Waals surface area (Å²) in [4.78, 5) is 40.3. The van der Waals surface area contributed by atoms with Gasteiger partial charge < -0.3 is 9.64 Å². The molecular formula is C27H30N8O3S. The second-order valence-electron chi connectivity index (χ2n) is 9.71. The summed E-state index contributed by atoms with van der Waals surface area (Å²) >= 11 is 1.39. The van der Waals surface area contributed by atoms with Crippen LogP contribution in [0.15, 0.2) is 29.8 Å². The molecule has 1 fully saturated rings. The van der Waals surface area contributed by atoms with Gasteiger partial charge in [0.15, 0.2) is 0 Å². The molecule has 39 heavy (non-hydrogen) atoms. The summed E-state index contributed by atoms with van der Waals surface area (Å²) in [5.74, 6) is 1.39. The molecule has 12 heteroatoms. The lowest BCUT2D eigenvalue weighted by molar-refractivity contribution is -0.136. The number of hydrogen-bond donors (Lipinski definition) is 1. The lowest BCUT2D eigenvalue weighted by Crippen LogP contribution is -2.48. The van der Waals surface area contributed by atoms with Gasteiger partial charge in [0.2, 0.25) is 11.8 Å². The van der Waals surface area contributed by atoms with Gasteiger partial charge in [0, 0.05) is 36.8 Å². The number of amides is 3. The zero-order chi connectivity index (χ0) is 27.4. The quantitative estimate of drug-likeness (QED) is 0.479. The Labute approximate surface area is 231 Å². The molecule has 0 saturated carbocycles. The number of urea groups is 1. The highest BCUT2D eigenvalue weighted by Gasteiger charge is 2.28. The van der Waals surface area contributed by atoms with Gasteiger partial charge in [-0.05, 0) is 73.6 Å². The number of rotatable bonds is 7. The molecule has 5 heterocycles. The number of aromatic nitrogens is 3. The molecule has 2 aliphatic heterocycles. The smallest absolute Gasteiger partial charge is 0.328 e. The van der Waals surface area contributed by atoms with Gasteiger partial charge in [0.1, 0.15) is 17.7 Å². The predicted octanol–water partition coefficient (Wildman–Crippen LogP) is 2.86. The van der Waals surface area contributed by atoms with E-state index in [1.54, 1.807) is 18.1 Å². The molecule has 202 valence electrons. The van der Waals surface area contributed by atoms with E-state index in [-0.39, 0.29) is 11.9 Å². The number of nitrogens with one attached hydrogen (secondary N) is 1. The number of methoxy groups -OCH3 is 1. The molecule has 1 saturated heterocycles. The van der Waals surface area contributed by atoms with Crippen molar-refractivity contribution in [1.29, 1.82) is 5.26 Å². The molecule has 0 aliphatic carbocycles. The molecule has 1 N–H and O–H groups in total. The third-order valence-electron chi connectivity index (χ3n) is 7.00.